The van der Waals surface area contributed by atoms with Gasteiger partial charge in [0.15, 0.2) is 5.65 Å². The molecule has 2 aliphatic rings. The van der Waals surface area contributed by atoms with E-state index in [-0.39, 0.29) is 12.0 Å². The maximum absolute atomic E-state index is 11.7. The number of nitrogens with zero attached hydrogens (tertiary/aromatic N) is 3. The van der Waals surface area contributed by atoms with Gasteiger partial charge in [0, 0.05) is 23.8 Å². The van der Waals surface area contributed by atoms with E-state index in [2.05, 4.69) is 26.0 Å². The van der Waals surface area contributed by atoms with Crippen LogP contribution in [-0.4, -0.2) is 37.8 Å². The summed E-state index contributed by atoms with van der Waals surface area (Å²) in [5.74, 6) is 1.37. The van der Waals surface area contributed by atoms with Crippen molar-refractivity contribution in [3.63, 3.8) is 0 Å². The molecule has 1 aliphatic carbocycles. The summed E-state index contributed by atoms with van der Waals surface area (Å²) in [6.45, 7) is 0.548. The SMILES string of the molecule is O=C1NCc2cc(Nc3nc4cccc(N[C@H]5CC[C@@H](O)CC5)n4n3)ccc21. The summed E-state index contributed by atoms with van der Waals surface area (Å²) >= 11 is 0. The van der Waals surface area contributed by atoms with Gasteiger partial charge < -0.3 is 21.1 Å². The number of hydrogen-bond donors (Lipinski definition) is 4. The monoisotopic (exact) mass is 378 g/mol. The third kappa shape index (κ3) is 3.16. The normalized spacial score (nSPS) is 21.4. The van der Waals surface area contributed by atoms with Crippen LogP contribution in [0.3, 0.4) is 0 Å². The predicted molar refractivity (Wildman–Crippen MR) is 106 cm³/mol. The zero-order chi connectivity index (χ0) is 19.1. The van der Waals surface area contributed by atoms with Crippen LogP contribution >= 0.6 is 0 Å². The molecule has 3 heterocycles. The Balaban J connectivity index is 1.37. The van der Waals surface area contributed by atoms with Crippen LogP contribution in [0.25, 0.3) is 5.65 Å². The average Bonchev–Trinajstić information content (AvgIpc) is 3.27. The molecule has 1 aliphatic heterocycles. The van der Waals surface area contributed by atoms with E-state index in [0.717, 1.165) is 54.0 Å². The van der Waals surface area contributed by atoms with Crippen LogP contribution in [0.4, 0.5) is 17.5 Å². The fraction of sp³-hybridized carbons (Fsp3) is 0.350. The molecule has 1 aromatic carbocycles. The molecule has 0 saturated heterocycles. The maximum atomic E-state index is 11.7. The first kappa shape index (κ1) is 17.0. The molecule has 8 nitrogen and oxygen atoms in total. The fourth-order valence-corrected chi connectivity index (χ4v) is 3.94. The Labute approximate surface area is 162 Å². The minimum Gasteiger partial charge on any atom is -0.393 e. The lowest BCUT2D eigenvalue weighted by molar-refractivity contribution is 0.0965. The molecular weight excluding hydrogens is 356 g/mol. The number of fused-ring (bicyclic) bond motifs is 2. The highest BCUT2D eigenvalue weighted by molar-refractivity contribution is 5.98. The van der Waals surface area contributed by atoms with Gasteiger partial charge in [-0.3, -0.25) is 4.79 Å². The summed E-state index contributed by atoms with van der Waals surface area (Å²) < 4.78 is 1.80. The number of nitrogens with one attached hydrogen (secondary N) is 3. The van der Waals surface area contributed by atoms with Crippen LogP contribution < -0.4 is 16.0 Å². The lowest BCUT2D eigenvalue weighted by Crippen LogP contribution is -2.29. The Hall–Kier alpha value is -3.13. The molecule has 1 fully saturated rings. The summed E-state index contributed by atoms with van der Waals surface area (Å²) in [5.41, 5.74) is 3.29. The number of aliphatic hydroxyl groups is 1. The number of carbonyl (C=O) groups excluding carboxylic acids is 1. The summed E-state index contributed by atoms with van der Waals surface area (Å²) in [7, 11) is 0. The topological polar surface area (TPSA) is 104 Å². The number of aliphatic hydroxyl groups excluding tert-OH is 1. The first-order valence-corrected chi connectivity index (χ1v) is 9.64. The molecule has 8 heteroatoms. The average molecular weight is 378 g/mol. The number of rotatable bonds is 4. The molecule has 0 bridgehead atoms. The Morgan fingerprint density at radius 2 is 2.00 bits per heavy atom. The van der Waals surface area contributed by atoms with Crippen molar-refractivity contribution in [2.45, 2.75) is 44.4 Å². The minimum atomic E-state index is -0.172. The molecule has 0 atom stereocenters. The second-order valence-electron chi connectivity index (χ2n) is 7.45. The molecule has 5 rings (SSSR count). The van der Waals surface area contributed by atoms with Crippen LogP contribution in [0.1, 0.15) is 41.6 Å². The van der Waals surface area contributed by atoms with Gasteiger partial charge in [0.1, 0.15) is 5.82 Å². The first-order valence-electron chi connectivity index (χ1n) is 9.64. The van der Waals surface area contributed by atoms with Crippen LogP contribution in [0.5, 0.6) is 0 Å². The van der Waals surface area contributed by atoms with E-state index in [9.17, 15) is 9.90 Å². The smallest absolute Gasteiger partial charge is 0.251 e. The number of carbonyl (C=O) groups is 1. The predicted octanol–water partition coefficient (Wildman–Crippen LogP) is 2.43. The lowest BCUT2D eigenvalue weighted by atomic mass is 9.93. The molecule has 0 spiro atoms. The van der Waals surface area contributed by atoms with Crippen molar-refractivity contribution in [1.82, 2.24) is 19.9 Å². The van der Waals surface area contributed by atoms with Gasteiger partial charge in [-0.2, -0.15) is 9.50 Å². The van der Waals surface area contributed by atoms with E-state index in [4.69, 9.17) is 0 Å². The van der Waals surface area contributed by atoms with Crippen molar-refractivity contribution in [3.8, 4) is 0 Å². The summed E-state index contributed by atoms with van der Waals surface area (Å²) in [4.78, 5) is 16.3. The Morgan fingerprint density at radius 3 is 2.86 bits per heavy atom. The Morgan fingerprint density at radius 1 is 1.14 bits per heavy atom. The Kier molecular flexibility index (Phi) is 4.12. The van der Waals surface area contributed by atoms with E-state index in [1.807, 2.05) is 36.4 Å². The molecule has 3 aromatic rings. The van der Waals surface area contributed by atoms with Crippen molar-refractivity contribution in [1.29, 1.82) is 0 Å². The van der Waals surface area contributed by atoms with Crippen molar-refractivity contribution >= 4 is 29.0 Å². The number of anilines is 3. The van der Waals surface area contributed by atoms with Crippen LogP contribution in [-0.2, 0) is 6.54 Å². The number of aromatic nitrogens is 3. The zero-order valence-corrected chi connectivity index (χ0v) is 15.4. The molecule has 1 saturated carbocycles. The second-order valence-corrected chi connectivity index (χ2v) is 7.45. The molecule has 2 aromatic heterocycles. The van der Waals surface area contributed by atoms with Crippen molar-refractivity contribution in [2.24, 2.45) is 0 Å². The standard InChI is InChI=1S/C20H22N6O2/c27-15-7-4-13(5-8-15)22-17-2-1-3-18-24-20(25-26(17)18)23-14-6-9-16-12(10-14)11-21-19(16)28/h1-3,6,9-10,13,15,22,27H,4-5,7-8,11H2,(H,21,28)(H,23,25)/t13-,15+. The zero-order valence-electron chi connectivity index (χ0n) is 15.4. The number of hydrogen-bond acceptors (Lipinski definition) is 6. The van der Waals surface area contributed by atoms with E-state index in [0.29, 0.717) is 18.5 Å². The molecule has 4 N–H and O–H groups in total. The first-order chi connectivity index (χ1) is 13.7. The van der Waals surface area contributed by atoms with E-state index in [1.54, 1.807) is 4.52 Å². The van der Waals surface area contributed by atoms with E-state index >= 15 is 0 Å². The highest BCUT2D eigenvalue weighted by atomic mass is 16.3. The van der Waals surface area contributed by atoms with Gasteiger partial charge in [-0.25, -0.2) is 0 Å². The van der Waals surface area contributed by atoms with Gasteiger partial charge in [0.05, 0.1) is 6.10 Å². The summed E-state index contributed by atoms with van der Waals surface area (Å²) in [6.07, 6.45) is 3.37. The van der Waals surface area contributed by atoms with Crippen LogP contribution in [0, 0.1) is 0 Å². The van der Waals surface area contributed by atoms with Gasteiger partial charge in [-0.05, 0) is 61.6 Å². The molecule has 0 radical (unpaired) electrons. The van der Waals surface area contributed by atoms with Gasteiger partial charge in [0.2, 0.25) is 5.95 Å². The van der Waals surface area contributed by atoms with Gasteiger partial charge in [-0.1, -0.05) is 6.07 Å². The number of benzene rings is 1. The van der Waals surface area contributed by atoms with Gasteiger partial charge in [-0.15, -0.1) is 5.10 Å². The minimum absolute atomic E-state index is 0.0293. The quantitative estimate of drug-likeness (QED) is 0.556. The third-order valence-electron chi connectivity index (χ3n) is 5.45. The summed E-state index contributed by atoms with van der Waals surface area (Å²) in [6, 6.07) is 11.8. The number of pyridine rings is 1. The highest BCUT2D eigenvalue weighted by Gasteiger charge is 2.21. The number of amides is 1. The lowest BCUT2D eigenvalue weighted by Gasteiger charge is -2.26. The Bertz CT molecular complexity index is 1040. The molecule has 0 unspecified atom stereocenters. The maximum Gasteiger partial charge on any atom is 0.251 e. The molecule has 144 valence electrons. The molecule has 1 amide bonds. The fourth-order valence-electron chi connectivity index (χ4n) is 3.94. The summed E-state index contributed by atoms with van der Waals surface area (Å²) in [5, 5.41) is 23.9. The van der Waals surface area contributed by atoms with Crippen LogP contribution in [0.15, 0.2) is 36.4 Å². The van der Waals surface area contributed by atoms with E-state index in [1.165, 1.54) is 0 Å². The highest BCUT2D eigenvalue weighted by Crippen LogP contribution is 2.25. The second kappa shape index (κ2) is 6.79. The van der Waals surface area contributed by atoms with E-state index < -0.39 is 0 Å². The van der Waals surface area contributed by atoms with Crippen molar-refractivity contribution < 1.29 is 9.90 Å². The molecule has 28 heavy (non-hydrogen) atoms. The van der Waals surface area contributed by atoms with Crippen molar-refractivity contribution in [3.05, 3.63) is 47.5 Å². The van der Waals surface area contributed by atoms with Crippen LogP contribution in [0.2, 0.25) is 0 Å². The third-order valence-corrected chi connectivity index (χ3v) is 5.45. The largest absolute Gasteiger partial charge is 0.393 e. The van der Waals surface area contributed by atoms with Crippen molar-refractivity contribution in [2.75, 3.05) is 10.6 Å². The molecular formula is C20H22N6O2. The van der Waals surface area contributed by atoms with Gasteiger partial charge in [0.25, 0.3) is 5.91 Å². The van der Waals surface area contributed by atoms with Gasteiger partial charge >= 0.3 is 0 Å².